The van der Waals surface area contributed by atoms with Gasteiger partial charge in [0.25, 0.3) is 0 Å². The molecular weight excluding hydrogens is 347 g/mol. The minimum absolute atomic E-state index is 0.00679. The molecule has 0 atom stereocenters. The van der Waals surface area contributed by atoms with E-state index in [1.807, 2.05) is 24.4 Å². The molecule has 4 rings (SSSR count). The average Bonchev–Trinajstić information content (AvgIpc) is 3.24. The Morgan fingerprint density at radius 2 is 2.00 bits per heavy atom. The van der Waals surface area contributed by atoms with Crippen molar-refractivity contribution in [2.45, 2.75) is 6.54 Å². The van der Waals surface area contributed by atoms with Gasteiger partial charge < -0.3 is 10.8 Å². The summed E-state index contributed by atoms with van der Waals surface area (Å²) in [5.74, 6) is -0.287. The van der Waals surface area contributed by atoms with Gasteiger partial charge in [-0.1, -0.05) is 12.1 Å². The van der Waals surface area contributed by atoms with E-state index >= 15 is 0 Å². The van der Waals surface area contributed by atoms with E-state index in [1.165, 1.54) is 12.1 Å². The third kappa shape index (κ3) is 3.01. The summed E-state index contributed by atoms with van der Waals surface area (Å²) in [6, 6.07) is 11.7. The van der Waals surface area contributed by atoms with Gasteiger partial charge in [-0.25, -0.2) is 13.9 Å². The van der Waals surface area contributed by atoms with E-state index in [0.717, 1.165) is 16.6 Å². The molecule has 2 aromatic heterocycles. The van der Waals surface area contributed by atoms with Gasteiger partial charge in [0.1, 0.15) is 11.6 Å². The van der Waals surface area contributed by atoms with Crippen molar-refractivity contribution >= 4 is 22.4 Å². The summed E-state index contributed by atoms with van der Waals surface area (Å²) in [5, 5.41) is 18.7. The van der Waals surface area contributed by atoms with Crippen LogP contribution in [-0.4, -0.2) is 31.3 Å². The topological polar surface area (TPSA) is 86.2 Å². The molecule has 0 amide bonds. The lowest BCUT2D eigenvalue weighted by atomic mass is 10.1. The maximum atomic E-state index is 14.1. The molecule has 27 heavy (non-hydrogen) atoms. The van der Waals surface area contributed by atoms with Gasteiger partial charge in [-0.2, -0.15) is 10.2 Å². The van der Waals surface area contributed by atoms with Crippen molar-refractivity contribution in [3.8, 4) is 16.9 Å². The third-order valence-corrected chi connectivity index (χ3v) is 4.20. The molecule has 3 N–H and O–H groups in total. The minimum Gasteiger partial charge on any atom is -0.394 e. The first-order chi connectivity index (χ1) is 13.1. The number of rotatable bonds is 4. The maximum Gasteiger partial charge on any atom is 0.222 e. The Bertz CT molecular complexity index is 1190. The lowest BCUT2D eigenvalue weighted by Crippen LogP contribution is -2.01. The monoisotopic (exact) mass is 362 g/mol. The summed E-state index contributed by atoms with van der Waals surface area (Å²) in [7, 11) is 0. The number of nitrogens with zero attached hydrogens (tertiary/aromatic N) is 5. The number of aliphatic hydroxyl groups is 1. The van der Waals surface area contributed by atoms with Crippen LogP contribution in [0.2, 0.25) is 0 Å². The van der Waals surface area contributed by atoms with Gasteiger partial charge in [0, 0.05) is 23.2 Å². The first kappa shape index (κ1) is 16.8. The molecule has 8 heteroatoms. The number of nitrogens with two attached hydrogens (primary N) is 1. The van der Waals surface area contributed by atoms with Crippen molar-refractivity contribution in [3.63, 3.8) is 0 Å². The van der Waals surface area contributed by atoms with Crippen molar-refractivity contribution in [2.24, 2.45) is 0 Å². The summed E-state index contributed by atoms with van der Waals surface area (Å²) < 4.78 is 17.4. The molecule has 2 heterocycles. The molecule has 0 aliphatic carbocycles. The maximum absolute atomic E-state index is 14.1. The number of halogens is 1. The standard InChI is InChI=1S/C19H15FN6O/c1-22-17-4-2-12(9-15(17)20)18-10-19(21)24-26(18)14-3-5-16-13(8-14)11-25(23-16)6-7-27/h2-5,8-11,27H,6-7H2,(H2,21,24). The number of benzene rings is 2. The van der Waals surface area contributed by atoms with Crippen LogP contribution < -0.4 is 5.73 Å². The zero-order chi connectivity index (χ0) is 19.0. The van der Waals surface area contributed by atoms with Gasteiger partial charge >= 0.3 is 0 Å². The van der Waals surface area contributed by atoms with Crippen LogP contribution in [0.25, 0.3) is 32.7 Å². The lowest BCUT2D eigenvalue weighted by Gasteiger charge is -2.08. The van der Waals surface area contributed by atoms with E-state index < -0.39 is 5.82 Å². The second-order valence-electron chi connectivity index (χ2n) is 6.00. The third-order valence-electron chi connectivity index (χ3n) is 4.20. The van der Waals surface area contributed by atoms with E-state index in [9.17, 15) is 4.39 Å². The molecule has 134 valence electrons. The second kappa shape index (κ2) is 6.55. The van der Waals surface area contributed by atoms with Crippen LogP contribution in [0, 0.1) is 12.4 Å². The zero-order valence-electron chi connectivity index (χ0n) is 14.2. The quantitative estimate of drug-likeness (QED) is 0.546. The van der Waals surface area contributed by atoms with E-state index in [-0.39, 0.29) is 12.3 Å². The minimum atomic E-state index is -0.588. The predicted molar refractivity (Wildman–Crippen MR) is 100 cm³/mol. The van der Waals surface area contributed by atoms with E-state index in [0.29, 0.717) is 23.6 Å². The number of anilines is 1. The summed E-state index contributed by atoms with van der Waals surface area (Å²) in [5.41, 5.74) is 8.58. The largest absolute Gasteiger partial charge is 0.394 e. The summed E-state index contributed by atoms with van der Waals surface area (Å²) in [6.45, 7) is 7.39. The van der Waals surface area contributed by atoms with Crippen LogP contribution in [0.5, 0.6) is 0 Å². The van der Waals surface area contributed by atoms with Gasteiger partial charge in [0.15, 0.2) is 0 Å². The van der Waals surface area contributed by atoms with Crippen molar-refractivity contribution in [3.05, 3.63) is 65.9 Å². The molecule has 0 bridgehead atoms. The summed E-state index contributed by atoms with van der Waals surface area (Å²) in [4.78, 5) is 3.14. The van der Waals surface area contributed by atoms with Crippen molar-refractivity contribution in [1.82, 2.24) is 19.6 Å². The molecule has 0 radical (unpaired) electrons. The zero-order valence-corrected chi connectivity index (χ0v) is 14.2. The first-order valence-corrected chi connectivity index (χ1v) is 8.20. The van der Waals surface area contributed by atoms with Crippen LogP contribution >= 0.6 is 0 Å². The molecule has 0 aliphatic rings. The summed E-state index contributed by atoms with van der Waals surface area (Å²) >= 11 is 0. The molecule has 0 fully saturated rings. The number of aromatic nitrogens is 4. The average molecular weight is 362 g/mol. The molecular formula is C19H15FN6O. The normalized spacial score (nSPS) is 11.0. The van der Waals surface area contributed by atoms with Crippen LogP contribution in [0.15, 0.2) is 48.7 Å². The first-order valence-electron chi connectivity index (χ1n) is 8.20. The molecule has 0 aliphatic heterocycles. The van der Waals surface area contributed by atoms with Gasteiger partial charge in [-0.15, -0.1) is 0 Å². The van der Waals surface area contributed by atoms with Crippen LogP contribution in [0.1, 0.15) is 0 Å². The predicted octanol–water partition coefficient (Wildman–Crippen LogP) is 3.15. The Hall–Kier alpha value is -3.70. The lowest BCUT2D eigenvalue weighted by molar-refractivity contribution is 0.270. The van der Waals surface area contributed by atoms with Crippen molar-refractivity contribution in [1.29, 1.82) is 0 Å². The molecule has 0 spiro atoms. The SMILES string of the molecule is [C-]#[N+]c1ccc(-c2cc(N)nn2-c2ccc3nn(CCO)cc3c2)cc1F. The molecule has 0 saturated carbocycles. The molecule has 0 unspecified atom stereocenters. The highest BCUT2D eigenvalue weighted by Gasteiger charge is 2.13. The number of aliphatic hydroxyl groups excluding tert-OH is 1. The van der Waals surface area contributed by atoms with Gasteiger partial charge in [0.2, 0.25) is 5.69 Å². The highest BCUT2D eigenvalue weighted by Crippen LogP contribution is 2.29. The van der Waals surface area contributed by atoms with Crippen LogP contribution in [-0.2, 0) is 6.54 Å². The van der Waals surface area contributed by atoms with Gasteiger partial charge in [-0.3, -0.25) is 4.68 Å². The molecule has 7 nitrogen and oxygen atoms in total. The van der Waals surface area contributed by atoms with Gasteiger partial charge in [-0.05, 0) is 24.3 Å². The van der Waals surface area contributed by atoms with E-state index in [4.69, 9.17) is 17.4 Å². The Morgan fingerprint density at radius 1 is 1.15 bits per heavy atom. The Kier molecular flexibility index (Phi) is 4.06. The fraction of sp³-hybridized carbons (Fsp3) is 0.105. The van der Waals surface area contributed by atoms with Gasteiger partial charge in [0.05, 0.1) is 36.6 Å². The number of fused-ring (bicyclic) bond motifs is 1. The number of nitrogen functional groups attached to an aromatic ring is 1. The van der Waals surface area contributed by atoms with Crippen LogP contribution in [0.4, 0.5) is 15.9 Å². The Morgan fingerprint density at radius 3 is 2.74 bits per heavy atom. The highest BCUT2D eigenvalue weighted by molar-refractivity contribution is 5.81. The summed E-state index contributed by atoms with van der Waals surface area (Å²) in [6.07, 6.45) is 1.84. The number of hydrogen-bond donors (Lipinski definition) is 2. The van der Waals surface area contributed by atoms with Crippen molar-refractivity contribution < 1.29 is 9.50 Å². The molecule has 2 aromatic carbocycles. The Labute approximate surface area is 153 Å². The van der Waals surface area contributed by atoms with E-state index in [1.54, 1.807) is 21.5 Å². The van der Waals surface area contributed by atoms with Crippen molar-refractivity contribution in [2.75, 3.05) is 12.3 Å². The van der Waals surface area contributed by atoms with Crippen LogP contribution in [0.3, 0.4) is 0 Å². The Balaban J connectivity index is 1.82. The number of hydrogen-bond acceptors (Lipinski definition) is 4. The molecule has 4 aromatic rings. The fourth-order valence-corrected chi connectivity index (χ4v) is 2.97. The smallest absolute Gasteiger partial charge is 0.222 e. The second-order valence-corrected chi connectivity index (χ2v) is 6.00. The highest BCUT2D eigenvalue weighted by atomic mass is 19.1. The molecule has 0 saturated heterocycles. The van der Waals surface area contributed by atoms with E-state index in [2.05, 4.69) is 15.0 Å². The fourth-order valence-electron chi connectivity index (χ4n) is 2.97.